The molecule has 0 aliphatic heterocycles. The van der Waals surface area contributed by atoms with Crippen molar-refractivity contribution in [3.63, 3.8) is 0 Å². The second kappa shape index (κ2) is 6.98. The van der Waals surface area contributed by atoms with Crippen molar-refractivity contribution in [3.05, 3.63) is 20.8 Å². The molecule has 7 heteroatoms. The topological polar surface area (TPSA) is 91.3 Å². The van der Waals surface area contributed by atoms with Crippen LogP contribution in [0.4, 0.5) is 11.5 Å². The standard InChI is InChI=1S/C12H22N4O3/c1-4-7-16-10(13)9(14-6-5-8-19-3)11(17)15(2)12(16)18/h14H,4-8,13H2,1-3H3. The molecule has 0 saturated heterocycles. The van der Waals surface area contributed by atoms with Crippen molar-refractivity contribution >= 4 is 11.5 Å². The summed E-state index contributed by atoms with van der Waals surface area (Å²) in [5, 5.41) is 2.98. The van der Waals surface area contributed by atoms with Crippen LogP contribution < -0.4 is 22.3 Å². The molecule has 0 aromatic carbocycles. The van der Waals surface area contributed by atoms with Gasteiger partial charge in [-0.15, -0.1) is 0 Å². The number of nitrogens with two attached hydrogens (primary N) is 1. The van der Waals surface area contributed by atoms with Gasteiger partial charge in [-0.05, 0) is 12.8 Å². The van der Waals surface area contributed by atoms with Gasteiger partial charge in [-0.1, -0.05) is 6.92 Å². The molecule has 0 unspecified atom stereocenters. The minimum atomic E-state index is -0.396. The molecule has 0 atom stereocenters. The average molecular weight is 270 g/mol. The first-order chi connectivity index (χ1) is 9.04. The second-order valence-electron chi connectivity index (χ2n) is 4.33. The molecule has 0 amide bonds. The van der Waals surface area contributed by atoms with Crippen molar-refractivity contribution in [1.29, 1.82) is 0 Å². The average Bonchev–Trinajstić information content (AvgIpc) is 2.40. The molecular weight excluding hydrogens is 248 g/mol. The first-order valence-corrected chi connectivity index (χ1v) is 6.36. The van der Waals surface area contributed by atoms with Crippen LogP contribution in [0.3, 0.4) is 0 Å². The molecule has 0 aliphatic rings. The molecule has 1 rings (SSSR count). The number of aromatic nitrogens is 2. The monoisotopic (exact) mass is 270 g/mol. The highest BCUT2D eigenvalue weighted by Gasteiger charge is 2.14. The Kier molecular flexibility index (Phi) is 5.62. The van der Waals surface area contributed by atoms with Gasteiger partial charge in [0.25, 0.3) is 5.56 Å². The van der Waals surface area contributed by atoms with Crippen LogP contribution in [-0.4, -0.2) is 29.4 Å². The maximum absolute atomic E-state index is 12.0. The van der Waals surface area contributed by atoms with E-state index in [1.807, 2.05) is 6.92 Å². The van der Waals surface area contributed by atoms with Crippen LogP contribution in [0.25, 0.3) is 0 Å². The molecule has 1 aromatic rings. The lowest BCUT2D eigenvalue weighted by atomic mass is 10.3. The van der Waals surface area contributed by atoms with Crippen LogP contribution in [0.1, 0.15) is 19.8 Å². The smallest absolute Gasteiger partial charge is 0.332 e. The number of nitrogen functional groups attached to an aromatic ring is 1. The van der Waals surface area contributed by atoms with Crippen molar-refractivity contribution in [2.45, 2.75) is 26.3 Å². The highest BCUT2D eigenvalue weighted by Crippen LogP contribution is 2.10. The van der Waals surface area contributed by atoms with E-state index >= 15 is 0 Å². The van der Waals surface area contributed by atoms with Gasteiger partial charge in [0.05, 0.1) is 0 Å². The quantitative estimate of drug-likeness (QED) is 0.680. The maximum atomic E-state index is 12.0. The Hall–Kier alpha value is -1.76. The minimum absolute atomic E-state index is 0.201. The summed E-state index contributed by atoms with van der Waals surface area (Å²) in [6.07, 6.45) is 1.53. The number of ether oxygens (including phenoxy) is 1. The Bertz CT molecular complexity index is 533. The highest BCUT2D eigenvalue weighted by atomic mass is 16.5. The van der Waals surface area contributed by atoms with E-state index in [9.17, 15) is 9.59 Å². The number of anilines is 2. The van der Waals surface area contributed by atoms with Crippen molar-refractivity contribution in [2.75, 3.05) is 31.3 Å². The summed E-state index contributed by atoms with van der Waals surface area (Å²) in [7, 11) is 3.07. The first-order valence-electron chi connectivity index (χ1n) is 6.36. The molecule has 0 saturated carbocycles. The largest absolute Gasteiger partial charge is 0.385 e. The van der Waals surface area contributed by atoms with E-state index in [0.717, 1.165) is 17.4 Å². The Morgan fingerprint density at radius 3 is 2.63 bits per heavy atom. The van der Waals surface area contributed by atoms with Crippen molar-refractivity contribution < 1.29 is 4.74 Å². The molecule has 0 aliphatic carbocycles. The number of hydrogen-bond donors (Lipinski definition) is 2. The summed E-state index contributed by atoms with van der Waals surface area (Å²) < 4.78 is 7.43. The van der Waals surface area contributed by atoms with Gasteiger partial charge < -0.3 is 15.8 Å². The third kappa shape index (κ3) is 3.37. The fourth-order valence-corrected chi connectivity index (χ4v) is 1.82. The van der Waals surface area contributed by atoms with E-state index in [-0.39, 0.29) is 17.2 Å². The number of methoxy groups -OCH3 is 1. The van der Waals surface area contributed by atoms with Crippen molar-refractivity contribution in [1.82, 2.24) is 9.13 Å². The van der Waals surface area contributed by atoms with Crippen LogP contribution in [-0.2, 0) is 18.3 Å². The van der Waals surface area contributed by atoms with Gasteiger partial charge in [-0.2, -0.15) is 0 Å². The number of nitrogens with one attached hydrogen (secondary N) is 1. The maximum Gasteiger partial charge on any atom is 0.332 e. The SMILES string of the molecule is CCCn1c(N)c(NCCCOC)c(=O)n(C)c1=O. The van der Waals surface area contributed by atoms with Gasteiger partial charge in [0.15, 0.2) is 0 Å². The Labute approximate surface area is 112 Å². The minimum Gasteiger partial charge on any atom is -0.385 e. The molecule has 1 heterocycles. The van der Waals surface area contributed by atoms with E-state index in [1.165, 1.54) is 11.6 Å². The zero-order chi connectivity index (χ0) is 14.4. The van der Waals surface area contributed by atoms with Gasteiger partial charge in [0, 0.05) is 33.9 Å². The predicted octanol–water partition coefficient (Wildman–Crippen LogP) is -0.0124. The zero-order valence-corrected chi connectivity index (χ0v) is 11.7. The Balaban J connectivity index is 3.09. The van der Waals surface area contributed by atoms with Gasteiger partial charge in [-0.25, -0.2) is 4.79 Å². The predicted molar refractivity (Wildman–Crippen MR) is 75.6 cm³/mol. The normalized spacial score (nSPS) is 10.7. The molecule has 0 radical (unpaired) electrons. The Morgan fingerprint density at radius 1 is 1.37 bits per heavy atom. The lowest BCUT2D eigenvalue weighted by molar-refractivity contribution is 0.198. The number of rotatable bonds is 7. The lowest BCUT2D eigenvalue weighted by Crippen LogP contribution is -2.40. The zero-order valence-electron chi connectivity index (χ0n) is 11.7. The van der Waals surface area contributed by atoms with Crippen LogP contribution in [0.2, 0.25) is 0 Å². The molecule has 19 heavy (non-hydrogen) atoms. The van der Waals surface area contributed by atoms with E-state index in [1.54, 1.807) is 7.11 Å². The third-order valence-electron chi connectivity index (χ3n) is 2.86. The summed E-state index contributed by atoms with van der Waals surface area (Å²) in [5.74, 6) is 0.201. The summed E-state index contributed by atoms with van der Waals surface area (Å²) in [6, 6.07) is 0. The van der Waals surface area contributed by atoms with Gasteiger partial charge in [-0.3, -0.25) is 13.9 Å². The molecule has 0 bridgehead atoms. The summed E-state index contributed by atoms with van der Waals surface area (Å²) in [5.41, 5.74) is 5.42. The fourth-order valence-electron chi connectivity index (χ4n) is 1.82. The van der Waals surface area contributed by atoms with Crippen molar-refractivity contribution in [2.24, 2.45) is 7.05 Å². The van der Waals surface area contributed by atoms with E-state index < -0.39 is 5.56 Å². The van der Waals surface area contributed by atoms with Crippen LogP contribution in [0.5, 0.6) is 0 Å². The highest BCUT2D eigenvalue weighted by molar-refractivity contribution is 5.60. The summed E-state index contributed by atoms with van der Waals surface area (Å²) in [6.45, 7) is 3.60. The van der Waals surface area contributed by atoms with E-state index in [4.69, 9.17) is 10.5 Å². The van der Waals surface area contributed by atoms with Gasteiger partial charge >= 0.3 is 5.69 Å². The summed E-state index contributed by atoms with van der Waals surface area (Å²) in [4.78, 5) is 23.9. The first kappa shape index (κ1) is 15.3. The van der Waals surface area contributed by atoms with Gasteiger partial charge in [0.2, 0.25) is 0 Å². The second-order valence-corrected chi connectivity index (χ2v) is 4.33. The van der Waals surface area contributed by atoms with E-state index in [0.29, 0.717) is 19.7 Å². The third-order valence-corrected chi connectivity index (χ3v) is 2.86. The summed E-state index contributed by atoms with van der Waals surface area (Å²) >= 11 is 0. The van der Waals surface area contributed by atoms with Crippen LogP contribution >= 0.6 is 0 Å². The molecule has 3 N–H and O–H groups in total. The molecule has 108 valence electrons. The van der Waals surface area contributed by atoms with Crippen molar-refractivity contribution in [3.8, 4) is 0 Å². The Morgan fingerprint density at radius 2 is 2.05 bits per heavy atom. The fraction of sp³-hybridized carbons (Fsp3) is 0.667. The van der Waals surface area contributed by atoms with Crippen LogP contribution in [0.15, 0.2) is 9.59 Å². The molecular formula is C12H22N4O3. The molecule has 7 nitrogen and oxygen atoms in total. The number of nitrogens with zero attached hydrogens (tertiary/aromatic N) is 2. The number of hydrogen-bond acceptors (Lipinski definition) is 5. The molecule has 1 aromatic heterocycles. The lowest BCUT2D eigenvalue weighted by Gasteiger charge is -2.15. The molecule has 0 fully saturated rings. The van der Waals surface area contributed by atoms with E-state index in [2.05, 4.69) is 5.32 Å². The van der Waals surface area contributed by atoms with Crippen LogP contribution in [0, 0.1) is 0 Å². The molecule has 0 spiro atoms. The van der Waals surface area contributed by atoms with Gasteiger partial charge in [0.1, 0.15) is 11.5 Å².